The van der Waals surface area contributed by atoms with Crippen molar-refractivity contribution in [2.75, 3.05) is 37.1 Å². The fraction of sp³-hybridized carbons (Fsp3) is 0.400. The molecule has 0 spiro atoms. The third-order valence-electron chi connectivity index (χ3n) is 23.3. The molecular formula is C95H108O16S6. The Hall–Kier alpha value is -7.87. The zero-order valence-electron chi connectivity index (χ0n) is 66.4. The van der Waals surface area contributed by atoms with Gasteiger partial charge in [-0.3, -0.25) is 14.4 Å². The number of carbonyl (C=O) groups is 3. The number of cyclic esters (lactones) is 1. The first kappa shape index (κ1) is 88.4. The smallest absolute Gasteiger partial charge is 0.312 e. The van der Waals surface area contributed by atoms with Gasteiger partial charge in [-0.25, -0.2) is 25.3 Å². The van der Waals surface area contributed by atoms with Gasteiger partial charge in [-0.15, -0.1) is 0 Å². The molecule has 1 saturated heterocycles. The summed E-state index contributed by atoms with van der Waals surface area (Å²) in [4.78, 5) is 48.7. The second kappa shape index (κ2) is 42.4. The molecule has 9 saturated carbocycles. The van der Waals surface area contributed by atoms with Crippen molar-refractivity contribution in [2.45, 2.75) is 184 Å². The van der Waals surface area contributed by atoms with Crippen molar-refractivity contribution < 1.29 is 72.2 Å². The van der Waals surface area contributed by atoms with Crippen LogP contribution in [0.2, 0.25) is 0 Å². The summed E-state index contributed by atoms with van der Waals surface area (Å²) in [5.41, 5.74) is -0.739. The minimum absolute atomic E-state index is 0.0146. The Labute approximate surface area is 701 Å². The predicted octanol–water partition coefficient (Wildman–Crippen LogP) is 18.8. The molecule has 0 aromatic heterocycles. The summed E-state index contributed by atoms with van der Waals surface area (Å²) in [6.45, 7) is 2.26. The molecule has 9 aromatic carbocycles. The van der Waals surface area contributed by atoms with Crippen LogP contribution in [0.3, 0.4) is 0 Å². The van der Waals surface area contributed by atoms with Crippen molar-refractivity contribution in [3.05, 3.63) is 273 Å². The summed E-state index contributed by atoms with van der Waals surface area (Å²) in [5, 5.41) is 0. The molecule has 1 aliphatic heterocycles. The zero-order chi connectivity index (χ0) is 82.3. The van der Waals surface area contributed by atoms with Gasteiger partial charge in [0.25, 0.3) is 0 Å². The highest BCUT2D eigenvalue weighted by Gasteiger charge is 2.55. The minimum atomic E-state index is -4.43. The molecule has 22 heteroatoms. The first-order valence-corrected chi connectivity index (χ1v) is 49.5. The van der Waals surface area contributed by atoms with Crippen LogP contribution in [-0.2, 0) is 96.4 Å². The van der Waals surface area contributed by atoms with E-state index in [1.807, 2.05) is 0 Å². The lowest BCUT2D eigenvalue weighted by Crippen LogP contribution is -2.53. The lowest BCUT2D eigenvalue weighted by Gasteiger charge is -2.56. The third kappa shape index (κ3) is 26.6. The van der Waals surface area contributed by atoms with E-state index in [2.05, 4.69) is 273 Å². The van der Waals surface area contributed by atoms with Gasteiger partial charge < -0.3 is 32.6 Å². The molecular weight excluding hydrogens is 1590 g/mol. The van der Waals surface area contributed by atoms with Crippen molar-refractivity contribution in [3.63, 3.8) is 0 Å². The van der Waals surface area contributed by atoms with Crippen LogP contribution in [0.5, 0.6) is 0 Å². The largest absolute Gasteiger partial charge is 0.748 e. The molecule has 10 fully saturated rings. The molecule has 9 aliphatic carbocycles. The minimum Gasteiger partial charge on any atom is -0.748 e. The van der Waals surface area contributed by atoms with Gasteiger partial charge in [0.1, 0.15) is 11.2 Å². The molecule has 117 heavy (non-hydrogen) atoms. The number of carbonyl (C=O) groups excluding carboxylic acids is 3. The van der Waals surface area contributed by atoms with Crippen LogP contribution in [0.25, 0.3) is 0 Å². The van der Waals surface area contributed by atoms with Crippen molar-refractivity contribution >= 4 is 80.9 Å². The van der Waals surface area contributed by atoms with Gasteiger partial charge in [0.2, 0.25) is 0 Å². The Bertz CT molecular complexity index is 4270. The van der Waals surface area contributed by atoms with Gasteiger partial charge in [-0.1, -0.05) is 190 Å². The van der Waals surface area contributed by atoms with Crippen LogP contribution >= 0.6 is 0 Å². The third-order valence-corrected chi connectivity index (χ3v) is 32.4. The Kier molecular flexibility index (Phi) is 32.0. The molecule has 8 bridgehead atoms. The zero-order valence-corrected chi connectivity index (χ0v) is 71.3. The number of hydrogen-bond donors (Lipinski definition) is 0. The molecule has 3 unspecified atom stereocenters. The highest BCUT2D eigenvalue weighted by atomic mass is 32.2. The quantitative estimate of drug-likeness (QED) is 0.0280. The number of ether oxygens (including phenoxy) is 4. The fourth-order valence-corrected chi connectivity index (χ4v) is 27.7. The fourth-order valence-electron chi connectivity index (χ4n) is 19.0. The molecule has 9 aromatic rings. The van der Waals surface area contributed by atoms with Crippen molar-refractivity contribution in [1.82, 2.24) is 0 Å². The van der Waals surface area contributed by atoms with Gasteiger partial charge in [-0.2, -0.15) is 0 Å². The summed E-state index contributed by atoms with van der Waals surface area (Å²) in [6.07, 6.45) is 18.8. The maximum absolute atomic E-state index is 13.0. The highest BCUT2D eigenvalue weighted by molar-refractivity contribution is 7.97. The Balaban J connectivity index is 0.000000130. The van der Waals surface area contributed by atoms with E-state index in [0.29, 0.717) is 55.0 Å². The molecule has 1 heterocycles. The van der Waals surface area contributed by atoms with Crippen LogP contribution in [0.15, 0.2) is 317 Å². The van der Waals surface area contributed by atoms with E-state index < -0.39 is 83.3 Å². The van der Waals surface area contributed by atoms with Gasteiger partial charge in [0.15, 0.2) is 44.1 Å². The molecule has 0 radical (unpaired) electrons. The summed E-state index contributed by atoms with van der Waals surface area (Å²) in [6, 6.07) is 96.5. The standard InChI is InChI=1S/C19H30O5S.3C18H15S.C15H24O5S.C7H12O6S/c20-18(17(12-25(21,22)23)16-4-2-1-3-5-16)24-19-9-13-6-14(10-19)8-15(7-13)11-19;3*1-4-10-16(11-5-1)19(17-12-6-2-7-13-17)18-14-8-3-9-15-18;1-2-13(9-21(17,18)19)14(16)20-15-6-10-3-11(7-15)5-12(4-10)8-15;8-7-6(5-14(9,10)11)4-12-2-1-3-13-7/h13-17H,1-12H2,(H,21,22,23);3*1-15H;10-13H,2-9H2,1H3,(H,17,18,19);6H,1-5H2,(H,9,10,11)/q;3*+1;;/p-3. The van der Waals surface area contributed by atoms with E-state index in [1.165, 1.54) is 82.6 Å². The highest BCUT2D eigenvalue weighted by Crippen LogP contribution is 2.59. The second-order valence-corrected chi connectivity index (χ2v) is 42.8. The lowest BCUT2D eigenvalue weighted by molar-refractivity contribution is -0.192. The number of esters is 3. The van der Waals surface area contributed by atoms with Gasteiger partial charge in [-0.05, 0) is 247 Å². The molecule has 620 valence electrons. The van der Waals surface area contributed by atoms with E-state index in [4.69, 9.17) is 18.9 Å². The SMILES string of the molecule is CCC(CS(=O)(=O)[O-])C(=O)OC12CC3CC(CC(C3)C1)C2.O=C(OC12CC3CC(CC(C3)C1)C2)C(CS(=O)(=O)[O-])C1CCCCC1.O=C1OCCCOCC1CS(=O)(=O)[O-].c1ccc([S+](c2ccccc2)c2ccccc2)cc1.c1ccc([S+](c2ccccc2)c2ccccc2)cc1.c1ccc([S+](c2ccccc2)c2ccccc2)cc1. The Morgan fingerprint density at radius 2 is 0.658 bits per heavy atom. The van der Waals surface area contributed by atoms with Gasteiger partial charge in [0.05, 0.1) is 111 Å². The maximum atomic E-state index is 13.0. The van der Waals surface area contributed by atoms with Gasteiger partial charge >= 0.3 is 17.9 Å². The number of benzene rings is 9. The van der Waals surface area contributed by atoms with Gasteiger partial charge in [0, 0.05) is 13.0 Å². The van der Waals surface area contributed by atoms with Crippen molar-refractivity contribution in [1.29, 1.82) is 0 Å². The second-order valence-electron chi connectivity index (χ2n) is 32.4. The average Bonchev–Trinajstić information content (AvgIpc) is 0.751. The van der Waals surface area contributed by atoms with Crippen LogP contribution in [0.1, 0.15) is 129 Å². The van der Waals surface area contributed by atoms with Crippen LogP contribution in [-0.4, -0.2) is 105 Å². The summed E-state index contributed by atoms with van der Waals surface area (Å²) < 4.78 is 120. The lowest BCUT2D eigenvalue weighted by atomic mass is 9.54. The van der Waals surface area contributed by atoms with E-state index in [0.717, 1.165) is 70.6 Å². The first-order chi connectivity index (χ1) is 56.4. The first-order valence-electron chi connectivity index (χ1n) is 41.1. The maximum Gasteiger partial charge on any atom is 0.312 e. The summed E-state index contributed by atoms with van der Waals surface area (Å²) in [5.74, 6) is -2.19. The van der Waals surface area contributed by atoms with E-state index in [1.54, 1.807) is 6.92 Å². The van der Waals surface area contributed by atoms with Crippen LogP contribution < -0.4 is 0 Å². The molecule has 10 aliphatic rings. The number of rotatable bonds is 21. The number of hydrogen-bond acceptors (Lipinski definition) is 16. The Morgan fingerprint density at radius 3 is 0.915 bits per heavy atom. The topological polar surface area (TPSA) is 260 Å². The van der Waals surface area contributed by atoms with E-state index in [-0.39, 0.29) is 63.0 Å². The van der Waals surface area contributed by atoms with Crippen LogP contribution in [0.4, 0.5) is 0 Å². The Morgan fingerprint density at radius 1 is 0.385 bits per heavy atom. The molecule has 16 nitrogen and oxygen atoms in total. The monoisotopic (exact) mass is 1700 g/mol. The van der Waals surface area contributed by atoms with E-state index >= 15 is 0 Å². The summed E-state index contributed by atoms with van der Waals surface area (Å²) >= 11 is 0. The van der Waals surface area contributed by atoms with Crippen molar-refractivity contribution in [3.8, 4) is 0 Å². The predicted molar refractivity (Wildman–Crippen MR) is 456 cm³/mol. The van der Waals surface area contributed by atoms with E-state index in [9.17, 15) is 53.3 Å². The normalized spacial score (nSPS) is 23.6. The van der Waals surface area contributed by atoms with Crippen LogP contribution in [0, 0.1) is 59.2 Å². The molecule has 0 N–H and O–H groups in total. The van der Waals surface area contributed by atoms with Crippen molar-refractivity contribution in [2.24, 2.45) is 59.2 Å². The molecule has 19 rings (SSSR count). The molecule has 0 amide bonds. The average molecular weight is 1700 g/mol. The summed E-state index contributed by atoms with van der Waals surface area (Å²) in [7, 11) is -13.3. The molecule has 3 atom stereocenters.